The second-order valence-electron chi connectivity index (χ2n) is 6.97. The van der Waals surface area contributed by atoms with E-state index in [1.165, 1.54) is 13.2 Å². The maximum Gasteiger partial charge on any atom is 0.340 e. The summed E-state index contributed by atoms with van der Waals surface area (Å²) >= 11 is 6.08. The van der Waals surface area contributed by atoms with Crippen molar-refractivity contribution < 1.29 is 28.3 Å². The van der Waals surface area contributed by atoms with Gasteiger partial charge in [0.05, 0.1) is 25.5 Å². The molecule has 1 fully saturated rings. The smallest absolute Gasteiger partial charge is 0.340 e. The van der Waals surface area contributed by atoms with Crippen LogP contribution in [0.15, 0.2) is 40.9 Å². The molecule has 9 nitrogen and oxygen atoms in total. The number of carbonyl (C=O) groups excluding carboxylic acids is 2. The predicted molar refractivity (Wildman–Crippen MR) is 115 cm³/mol. The maximum atomic E-state index is 12.7. The number of aromatic nitrogens is 2. The van der Waals surface area contributed by atoms with E-state index in [1.54, 1.807) is 42.3 Å². The predicted octanol–water partition coefficient (Wildman–Crippen LogP) is 3.89. The highest BCUT2D eigenvalue weighted by Crippen LogP contribution is 2.32. The monoisotopic (exact) mass is 457 g/mol. The number of carbonyl (C=O) groups is 2. The number of amides is 1. The Hall–Kier alpha value is -3.59. The van der Waals surface area contributed by atoms with Crippen molar-refractivity contribution in [1.29, 1.82) is 0 Å². The van der Waals surface area contributed by atoms with Gasteiger partial charge in [-0.1, -0.05) is 16.8 Å². The average Bonchev–Trinajstić information content (AvgIpc) is 3.46. The molecule has 1 saturated heterocycles. The van der Waals surface area contributed by atoms with E-state index in [4.69, 9.17) is 30.3 Å². The van der Waals surface area contributed by atoms with Crippen molar-refractivity contribution in [2.45, 2.75) is 19.4 Å². The Morgan fingerprint density at radius 3 is 2.69 bits per heavy atom. The molecule has 32 heavy (non-hydrogen) atoms. The van der Waals surface area contributed by atoms with Gasteiger partial charge in [-0.3, -0.25) is 4.79 Å². The van der Waals surface area contributed by atoms with Crippen molar-refractivity contribution in [3.8, 4) is 22.9 Å². The number of halogens is 1. The summed E-state index contributed by atoms with van der Waals surface area (Å²) in [6, 6.07) is 9.90. The fourth-order valence-corrected chi connectivity index (χ4v) is 3.58. The van der Waals surface area contributed by atoms with Crippen LogP contribution in [0.5, 0.6) is 11.5 Å². The van der Waals surface area contributed by atoms with Crippen LogP contribution in [0, 0.1) is 0 Å². The molecule has 0 radical (unpaired) electrons. The Bertz CT molecular complexity index is 1160. The second kappa shape index (κ2) is 9.27. The standard InChI is InChI=1S/C22H20ClN3O6/c1-29-17-8-5-13(10-18(17)30-2)21-24-19(32-25-21)12-31-22(28)15-7-6-14(23)11-16(15)26-9-3-4-20(26)27/h5-8,10-11H,3-4,9,12H2,1-2H3. The van der Waals surface area contributed by atoms with Crippen LogP contribution in [-0.4, -0.2) is 42.8 Å². The molecule has 0 saturated carbocycles. The van der Waals surface area contributed by atoms with Crippen LogP contribution in [0.25, 0.3) is 11.4 Å². The van der Waals surface area contributed by atoms with Gasteiger partial charge >= 0.3 is 5.97 Å². The molecular formula is C22H20ClN3O6. The zero-order valence-electron chi connectivity index (χ0n) is 17.5. The van der Waals surface area contributed by atoms with Crippen molar-refractivity contribution in [1.82, 2.24) is 10.1 Å². The van der Waals surface area contributed by atoms with Crippen LogP contribution in [0.1, 0.15) is 29.1 Å². The average molecular weight is 458 g/mol. The summed E-state index contributed by atoms with van der Waals surface area (Å²) in [4.78, 5) is 30.7. The lowest BCUT2D eigenvalue weighted by Crippen LogP contribution is -2.26. The number of anilines is 1. The highest BCUT2D eigenvalue weighted by Gasteiger charge is 2.27. The first-order valence-corrected chi connectivity index (χ1v) is 10.2. The lowest BCUT2D eigenvalue weighted by atomic mass is 10.1. The molecular weight excluding hydrogens is 438 g/mol. The van der Waals surface area contributed by atoms with E-state index in [2.05, 4.69) is 10.1 Å². The molecule has 166 valence electrons. The van der Waals surface area contributed by atoms with Crippen molar-refractivity contribution in [2.24, 2.45) is 0 Å². The van der Waals surface area contributed by atoms with Crippen LogP contribution < -0.4 is 14.4 Å². The largest absolute Gasteiger partial charge is 0.493 e. The Balaban J connectivity index is 1.48. The zero-order valence-corrected chi connectivity index (χ0v) is 18.2. The second-order valence-corrected chi connectivity index (χ2v) is 7.40. The molecule has 1 aromatic heterocycles. The first-order valence-electron chi connectivity index (χ1n) is 9.82. The van der Waals surface area contributed by atoms with Crippen molar-refractivity contribution in [3.05, 3.63) is 52.9 Å². The van der Waals surface area contributed by atoms with Crippen LogP contribution in [0.4, 0.5) is 5.69 Å². The first kappa shape index (κ1) is 21.6. The van der Waals surface area contributed by atoms with Gasteiger partial charge in [0.2, 0.25) is 11.7 Å². The molecule has 1 aliphatic heterocycles. The molecule has 0 N–H and O–H groups in total. The summed E-state index contributed by atoms with van der Waals surface area (Å²) in [7, 11) is 3.08. The van der Waals surface area contributed by atoms with Crippen LogP contribution in [-0.2, 0) is 16.1 Å². The molecule has 2 aromatic carbocycles. The summed E-state index contributed by atoms with van der Waals surface area (Å²) in [6.45, 7) is 0.299. The van der Waals surface area contributed by atoms with Gasteiger partial charge in [-0.05, 0) is 42.8 Å². The van der Waals surface area contributed by atoms with Crippen molar-refractivity contribution in [3.63, 3.8) is 0 Å². The maximum absolute atomic E-state index is 12.7. The number of rotatable bonds is 7. The highest BCUT2D eigenvalue weighted by molar-refractivity contribution is 6.31. The Labute approximate surface area is 188 Å². The molecule has 0 atom stereocenters. The number of ether oxygens (including phenoxy) is 3. The number of benzene rings is 2. The van der Waals surface area contributed by atoms with E-state index >= 15 is 0 Å². The van der Waals surface area contributed by atoms with Gasteiger partial charge in [-0.15, -0.1) is 0 Å². The molecule has 0 aliphatic carbocycles. The molecule has 1 aliphatic rings. The topological polar surface area (TPSA) is 104 Å². The van der Waals surface area contributed by atoms with Gasteiger partial charge in [0.15, 0.2) is 18.1 Å². The normalized spacial score (nSPS) is 13.3. The van der Waals surface area contributed by atoms with E-state index in [-0.39, 0.29) is 24.0 Å². The third-order valence-electron chi connectivity index (χ3n) is 4.98. The molecule has 0 bridgehead atoms. The van der Waals surface area contributed by atoms with Crippen LogP contribution in [0.2, 0.25) is 5.02 Å². The summed E-state index contributed by atoms with van der Waals surface area (Å²) < 4.78 is 21.1. The molecule has 0 unspecified atom stereocenters. The quantitative estimate of drug-likeness (QED) is 0.492. The minimum atomic E-state index is -0.623. The summed E-state index contributed by atoms with van der Waals surface area (Å²) in [5.41, 5.74) is 1.32. The number of nitrogens with zero attached hydrogens (tertiary/aromatic N) is 3. The van der Waals surface area contributed by atoms with Crippen LogP contribution in [0.3, 0.4) is 0 Å². The fourth-order valence-electron chi connectivity index (χ4n) is 3.41. The zero-order chi connectivity index (χ0) is 22.7. The third kappa shape index (κ3) is 4.38. The van der Waals surface area contributed by atoms with Gasteiger partial charge in [0.25, 0.3) is 5.89 Å². The number of methoxy groups -OCH3 is 2. The van der Waals surface area contributed by atoms with Crippen LogP contribution >= 0.6 is 11.6 Å². The highest BCUT2D eigenvalue weighted by atomic mass is 35.5. The Morgan fingerprint density at radius 1 is 1.16 bits per heavy atom. The van der Waals surface area contributed by atoms with E-state index in [9.17, 15) is 9.59 Å². The van der Waals surface area contributed by atoms with E-state index in [1.807, 2.05) is 0 Å². The molecule has 10 heteroatoms. The van der Waals surface area contributed by atoms with Gasteiger partial charge < -0.3 is 23.6 Å². The molecule has 1 amide bonds. The van der Waals surface area contributed by atoms with E-state index in [0.717, 1.165) is 6.42 Å². The Kier molecular flexibility index (Phi) is 6.27. The SMILES string of the molecule is COc1ccc(-c2noc(COC(=O)c3ccc(Cl)cc3N3CCCC3=O)n2)cc1OC. The van der Waals surface area contributed by atoms with Gasteiger partial charge in [-0.2, -0.15) is 4.98 Å². The summed E-state index contributed by atoms with van der Waals surface area (Å²) in [5.74, 6) is 0.849. The fraction of sp³-hybridized carbons (Fsp3) is 0.273. The van der Waals surface area contributed by atoms with E-state index in [0.29, 0.717) is 46.6 Å². The van der Waals surface area contributed by atoms with Crippen molar-refractivity contribution >= 4 is 29.2 Å². The summed E-state index contributed by atoms with van der Waals surface area (Å²) in [6.07, 6.45) is 1.16. The molecule has 2 heterocycles. The van der Waals surface area contributed by atoms with Gasteiger partial charge in [0, 0.05) is 23.6 Å². The molecule has 4 rings (SSSR count). The summed E-state index contributed by atoms with van der Waals surface area (Å²) in [5, 5.41) is 4.35. The third-order valence-corrected chi connectivity index (χ3v) is 5.22. The number of hydrogen-bond acceptors (Lipinski definition) is 8. The molecule has 3 aromatic rings. The number of hydrogen-bond donors (Lipinski definition) is 0. The lowest BCUT2D eigenvalue weighted by molar-refractivity contribution is -0.117. The number of esters is 1. The van der Waals surface area contributed by atoms with Gasteiger partial charge in [0.1, 0.15) is 0 Å². The van der Waals surface area contributed by atoms with Crippen molar-refractivity contribution in [2.75, 3.05) is 25.7 Å². The lowest BCUT2D eigenvalue weighted by Gasteiger charge is -2.19. The van der Waals surface area contributed by atoms with Gasteiger partial charge in [-0.25, -0.2) is 4.79 Å². The minimum absolute atomic E-state index is 0.0576. The first-order chi connectivity index (χ1) is 15.5. The molecule has 0 spiro atoms. The van der Waals surface area contributed by atoms with E-state index < -0.39 is 5.97 Å². The minimum Gasteiger partial charge on any atom is -0.493 e. The Morgan fingerprint density at radius 2 is 1.97 bits per heavy atom.